The molecule has 1 N–H and O–H groups in total. The van der Waals surface area contributed by atoms with Crippen molar-refractivity contribution in [1.29, 1.82) is 0 Å². The van der Waals surface area contributed by atoms with Crippen LogP contribution in [0.3, 0.4) is 0 Å². The van der Waals surface area contributed by atoms with Gasteiger partial charge in [-0.2, -0.15) is 18.2 Å². The molecule has 0 amide bonds. The van der Waals surface area contributed by atoms with E-state index in [1.807, 2.05) is 0 Å². The molecule has 0 bridgehead atoms. The van der Waals surface area contributed by atoms with Crippen molar-refractivity contribution in [3.8, 4) is 17.3 Å². The maximum absolute atomic E-state index is 13.1. The minimum atomic E-state index is -4.62. The highest BCUT2D eigenvalue weighted by Crippen LogP contribution is 2.37. The second-order valence-electron chi connectivity index (χ2n) is 3.72. The average Bonchev–Trinajstić information content (AvgIpc) is 2.55. The van der Waals surface area contributed by atoms with E-state index >= 15 is 0 Å². The fraction of sp³-hybridized carbons (Fsp3) is 0.182. The summed E-state index contributed by atoms with van der Waals surface area (Å²) in [6.45, 7) is 0. The number of imidazole rings is 1. The third kappa shape index (κ3) is 2.15. The second kappa shape index (κ2) is 4.01. The van der Waals surface area contributed by atoms with Crippen molar-refractivity contribution in [2.75, 3.05) is 0 Å². The van der Waals surface area contributed by atoms with Gasteiger partial charge in [-0.05, 0) is 18.2 Å². The summed E-state index contributed by atoms with van der Waals surface area (Å²) < 4.78 is 52.6. The fourth-order valence-electron chi connectivity index (χ4n) is 1.65. The van der Waals surface area contributed by atoms with E-state index in [2.05, 4.69) is 4.98 Å². The molecule has 0 fully saturated rings. The van der Waals surface area contributed by atoms with Gasteiger partial charge in [0.1, 0.15) is 11.6 Å². The molecule has 2 rings (SSSR count). The van der Waals surface area contributed by atoms with Crippen LogP contribution >= 0.6 is 0 Å². The third-order valence-corrected chi connectivity index (χ3v) is 2.39. The topological polar surface area (TPSA) is 38.0 Å². The van der Waals surface area contributed by atoms with Gasteiger partial charge in [-0.25, -0.2) is 4.39 Å². The van der Waals surface area contributed by atoms with Crippen molar-refractivity contribution < 1.29 is 22.7 Å². The van der Waals surface area contributed by atoms with Crippen molar-refractivity contribution >= 4 is 0 Å². The molecule has 18 heavy (non-hydrogen) atoms. The highest BCUT2D eigenvalue weighted by molar-refractivity contribution is 5.62. The molecule has 0 saturated heterocycles. The van der Waals surface area contributed by atoms with Crippen molar-refractivity contribution in [1.82, 2.24) is 9.55 Å². The smallest absolute Gasteiger partial charge is 0.417 e. The van der Waals surface area contributed by atoms with E-state index < -0.39 is 29.0 Å². The summed E-state index contributed by atoms with van der Waals surface area (Å²) in [7, 11) is 1.41. The van der Waals surface area contributed by atoms with E-state index in [9.17, 15) is 17.6 Å². The lowest BCUT2D eigenvalue weighted by Crippen LogP contribution is -2.09. The highest BCUT2D eigenvalue weighted by atomic mass is 19.4. The molecular weight excluding hydrogens is 252 g/mol. The number of hydrogen-bond donors (Lipinski definition) is 1. The molecular formula is C11H8F4N2O. The average molecular weight is 260 g/mol. The molecule has 0 aliphatic carbocycles. The summed E-state index contributed by atoms with van der Waals surface area (Å²) >= 11 is 0. The highest BCUT2D eigenvalue weighted by Gasteiger charge is 2.34. The number of rotatable bonds is 1. The Morgan fingerprint density at radius 2 is 1.94 bits per heavy atom. The zero-order valence-corrected chi connectivity index (χ0v) is 9.16. The lowest BCUT2D eigenvalue weighted by atomic mass is 10.1. The lowest BCUT2D eigenvalue weighted by molar-refractivity contribution is -0.137. The van der Waals surface area contributed by atoms with Crippen molar-refractivity contribution in [2.24, 2.45) is 7.05 Å². The molecule has 0 saturated carbocycles. The number of aromatic nitrogens is 2. The lowest BCUT2D eigenvalue weighted by Gasteiger charge is -2.12. The molecule has 0 radical (unpaired) electrons. The quantitative estimate of drug-likeness (QED) is 0.800. The Morgan fingerprint density at radius 3 is 2.44 bits per heavy atom. The van der Waals surface area contributed by atoms with Crippen molar-refractivity contribution in [2.45, 2.75) is 6.18 Å². The van der Waals surface area contributed by atoms with Crippen LogP contribution < -0.4 is 0 Å². The minimum Gasteiger partial charge on any atom is -0.492 e. The van der Waals surface area contributed by atoms with Gasteiger partial charge in [-0.1, -0.05) is 0 Å². The number of aryl methyl sites for hydroxylation is 1. The molecule has 0 aliphatic heterocycles. The number of nitrogens with zero attached hydrogens (tertiary/aromatic N) is 2. The standard InChI is InChI=1S/C11H8F4N2O/c1-17-5-9(18)16-10(17)7-4-6(12)2-3-8(7)11(13,14)15/h2-5,18H,1H3. The van der Waals surface area contributed by atoms with Crippen LogP contribution in [0, 0.1) is 5.82 Å². The number of halogens is 4. The van der Waals surface area contributed by atoms with Crippen LogP contribution in [-0.2, 0) is 13.2 Å². The Bertz CT molecular complexity index is 589. The van der Waals surface area contributed by atoms with Crippen LogP contribution in [0.5, 0.6) is 5.88 Å². The molecule has 0 unspecified atom stereocenters. The molecule has 0 atom stereocenters. The van der Waals surface area contributed by atoms with Gasteiger partial charge in [0, 0.05) is 12.6 Å². The Hall–Kier alpha value is -2.05. The van der Waals surface area contributed by atoms with Gasteiger partial charge in [0.25, 0.3) is 0 Å². The Labute approximate surface area is 99.3 Å². The van der Waals surface area contributed by atoms with Gasteiger partial charge >= 0.3 is 6.18 Å². The SMILES string of the molecule is Cn1cc(O)nc1-c1cc(F)ccc1C(F)(F)F. The van der Waals surface area contributed by atoms with Crippen LogP contribution in [0.25, 0.3) is 11.4 Å². The predicted octanol–water partition coefficient (Wildman–Crippen LogP) is 2.95. The van der Waals surface area contributed by atoms with E-state index in [4.69, 9.17) is 5.11 Å². The number of benzene rings is 1. The van der Waals surface area contributed by atoms with E-state index in [-0.39, 0.29) is 5.82 Å². The van der Waals surface area contributed by atoms with Crippen LogP contribution in [-0.4, -0.2) is 14.7 Å². The van der Waals surface area contributed by atoms with Gasteiger partial charge in [0.05, 0.1) is 11.8 Å². The fourth-order valence-corrected chi connectivity index (χ4v) is 1.65. The minimum absolute atomic E-state index is 0.153. The Balaban J connectivity index is 2.69. The van der Waals surface area contributed by atoms with Gasteiger partial charge in [-0.15, -0.1) is 0 Å². The van der Waals surface area contributed by atoms with Crippen LogP contribution in [0.15, 0.2) is 24.4 Å². The van der Waals surface area contributed by atoms with Gasteiger partial charge in [0.2, 0.25) is 5.88 Å². The Morgan fingerprint density at radius 1 is 1.28 bits per heavy atom. The molecule has 2 aromatic rings. The predicted molar refractivity (Wildman–Crippen MR) is 55.3 cm³/mol. The van der Waals surface area contributed by atoms with Crippen LogP contribution in [0.2, 0.25) is 0 Å². The summed E-state index contributed by atoms with van der Waals surface area (Å²) in [6.07, 6.45) is -3.48. The van der Waals surface area contributed by atoms with Crippen molar-refractivity contribution in [3.05, 3.63) is 35.8 Å². The van der Waals surface area contributed by atoms with Crippen LogP contribution in [0.4, 0.5) is 17.6 Å². The first-order valence-electron chi connectivity index (χ1n) is 4.88. The second-order valence-corrected chi connectivity index (χ2v) is 3.72. The van der Waals surface area contributed by atoms with Gasteiger partial charge < -0.3 is 9.67 Å². The zero-order chi connectivity index (χ0) is 13.5. The van der Waals surface area contributed by atoms with Crippen molar-refractivity contribution in [3.63, 3.8) is 0 Å². The summed E-state index contributed by atoms with van der Waals surface area (Å²) in [6, 6.07) is 2.12. The third-order valence-electron chi connectivity index (χ3n) is 2.39. The molecule has 1 aromatic carbocycles. The summed E-state index contributed by atoms with van der Waals surface area (Å²) in [5.41, 5.74) is -1.41. The van der Waals surface area contributed by atoms with E-state index in [1.165, 1.54) is 11.6 Å². The first kappa shape index (κ1) is 12.4. The molecule has 0 spiro atoms. The zero-order valence-electron chi connectivity index (χ0n) is 9.16. The summed E-state index contributed by atoms with van der Waals surface area (Å²) in [5, 5.41) is 9.15. The molecule has 3 nitrogen and oxygen atoms in total. The normalized spacial score (nSPS) is 11.8. The van der Waals surface area contributed by atoms with Gasteiger partial charge in [-0.3, -0.25) is 0 Å². The summed E-state index contributed by atoms with van der Waals surface area (Å²) in [5.74, 6) is -1.38. The summed E-state index contributed by atoms with van der Waals surface area (Å²) in [4.78, 5) is 3.55. The van der Waals surface area contributed by atoms with E-state index in [0.29, 0.717) is 6.07 Å². The number of alkyl halides is 3. The molecule has 0 aliphatic rings. The maximum atomic E-state index is 13.1. The molecule has 1 aromatic heterocycles. The Kier molecular flexibility index (Phi) is 2.76. The largest absolute Gasteiger partial charge is 0.492 e. The molecule has 96 valence electrons. The van der Waals surface area contributed by atoms with Gasteiger partial charge in [0.15, 0.2) is 0 Å². The number of hydrogen-bond acceptors (Lipinski definition) is 2. The molecule has 7 heteroatoms. The maximum Gasteiger partial charge on any atom is 0.417 e. The first-order chi connectivity index (χ1) is 8.29. The molecule has 1 heterocycles. The monoisotopic (exact) mass is 260 g/mol. The number of aromatic hydroxyl groups is 1. The van der Waals surface area contributed by atoms with Crippen LogP contribution in [0.1, 0.15) is 5.56 Å². The van der Waals surface area contributed by atoms with E-state index in [1.54, 1.807) is 0 Å². The first-order valence-corrected chi connectivity index (χ1v) is 4.88. The van der Waals surface area contributed by atoms with E-state index in [0.717, 1.165) is 18.3 Å².